The molecule has 0 spiro atoms. The van der Waals surface area contributed by atoms with Gasteiger partial charge in [-0.1, -0.05) is 39.0 Å². The fraction of sp³-hybridized carbons (Fsp3) is 0.522. The Hall–Kier alpha value is -2.88. The van der Waals surface area contributed by atoms with Crippen LogP contribution in [0.5, 0.6) is 0 Å². The minimum atomic E-state index is -4.42. The van der Waals surface area contributed by atoms with Crippen molar-refractivity contribution in [3.63, 3.8) is 0 Å². The summed E-state index contributed by atoms with van der Waals surface area (Å²) in [6.07, 6.45) is -3.18. The summed E-state index contributed by atoms with van der Waals surface area (Å²) in [5.41, 5.74) is -0.217. The van der Waals surface area contributed by atoms with E-state index in [4.69, 9.17) is 0 Å². The Morgan fingerprint density at radius 1 is 1.30 bits per heavy atom. The maximum atomic E-state index is 13.3. The Labute approximate surface area is 190 Å². The van der Waals surface area contributed by atoms with Crippen LogP contribution in [-0.2, 0) is 22.2 Å². The molecule has 1 aromatic heterocycles. The molecule has 0 bridgehead atoms. The van der Waals surface area contributed by atoms with Crippen LogP contribution >= 0.6 is 0 Å². The summed E-state index contributed by atoms with van der Waals surface area (Å²) in [6.45, 7) is 6.96. The molecule has 1 aliphatic heterocycles. The van der Waals surface area contributed by atoms with Crippen LogP contribution < -0.4 is 5.32 Å². The second-order valence-corrected chi connectivity index (χ2v) is 9.56. The van der Waals surface area contributed by atoms with Crippen molar-refractivity contribution >= 4 is 11.8 Å². The van der Waals surface area contributed by atoms with Crippen LogP contribution in [0.25, 0.3) is 0 Å². The molecule has 3 atom stereocenters. The number of carbonyl (C=O) groups excluding carboxylic acids is 2. The van der Waals surface area contributed by atoms with E-state index in [-0.39, 0.29) is 31.2 Å². The van der Waals surface area contributed by atoms with Crippen molar-refractivity contribution in [3.05, 3.63) is 53.1 Å². The molecular formula is C23H29F3N4O3. The van der Waals surface area contributed by atoms with Crippen molar-refractivity contribution in [2.45, 2.75) is 64.9 Å². The molecule has 10 heteroatoms. The number of H-pyrrole nitrogens is 1. The number of nitrogens with one attached hydrogen (secondary N) is 2. The topological polar surface area (TPSA) is 98.3 Å². The first-order valence-corrected chi connectivity index (χ1v) is 10.7. The number of aromatic amines is 1. The normalized spacial score (nSPS) is 20.1. The van der Waals surface area contributed by atoms with E-state index in [1.807, 2.05) is 20.8 Å². The maximum absolute atomic E-state index is 13.3. The number of amides is 2. The van der Waals surface area contributed by atoms with E-state index in [9.17, 15) is 27.9 Å². The molecule has 0 unspecified atom stereocenters. The van der Waals surface area contributed by atoms with Crippen molar-refractivity contribution in [2.75, 3.05) is 6.54 Å². The smallest absolute Gasteiger partial charge is 0.391 e. The molecule has 1 aliphatic rings. The Morgan fingerprint density at radius 3 is 2.61 bits per heavy atom. The number of imidazole rings is 1. The van der Waals surface area contributed by atoms with E-state index in [1.165, 1.54) is 24.1 Å². The zero-order chi connectivity index (χ0) is 24.6. The van der Waals surface area contributed by atoms with E-state index >= 15 is 0 Å². The van der Waals surface area contributed by atoms with Gasteiger partial charge in [-0.3, -0.25) is 9.59 Å². The van der Waals surface area contributed by atoms with Gasteiger partial charge in [0, 0.05) is 38.2 Å². The number of halogens is 3. The Bertz CT molecular complexity index is 1010. The highest BCUT2D eigenvalue weighted by atomic mass is 19.4. The number of rotatable bonds is 5. The summed E-state index contributed by atoms with van der Waals surface area (Å²) in [5.74, 6) is -0.214. The van der Waals surface area contributed by atoms with Gasteiger partial charge in [0.1, 0.15) is 11.9 Å². The highest BCUT2D eigenvalue weighted by Gasteiger charge is 2.43. The maximum Gasteiger partial charge on any atom is 0.416 e. The molecule has 7 nitrogen and oxygen atoms in total. The van der Waals surface area contributed by atoms with E-state index in [0.717, 1.165) is 12.1 Å². The van der Waals surface area contributed by atoms with Gasteiger partial charge in [0.2, 0.25) is 11.8 Å². The quantitative estimate of drug-likeness (QED) is 0.630. The lowest BCUT2D eigenvalue weighted by Gasteiger charge is -2.35. The van der Waals surface area contributed by atoms with Crippen molar-refractivity contribution in [1.82, 2.24) is 20.2 Å². The number of alkyl halides is 3. The largest absolute Gasteiger partial charge is 0.416 e. The number of likely N-dealkylation sites (tertiary alicyclic amines) is 1. The molecule has 3 N–H and O–H groups in total. The van der Waals surface area contributed by atoms with Gasteiger partial charge in [0.25, 0.3) is 0 Å². The van der Waals surface area contributed by atoms with Crippen molar-refractivity contribution in [3.8, 4) is 0 Å². The Morgan fingerprint density at radius 2 is 2.00 bits per heavy atom. The second kappa shape index (κ2) is 9.17. The lowest BCUT2D eigenvalue weighted by atomic mass is 9.85. The van der Waals surface area contributed by atoms with Gasteiger partial charge >= 0.3 is 6.18 Å². The monoisotopic (exact) mass is 466 g/mol. The third-order valence-corrected chi connectivity index (χ3v) is 5.64. The van der Waals surface area contributed by atoms with Crippen LogP contribution in [0, 0.1) is 5.41 Å². The summed E-state index contributed by atoms with van der Waals surface area (Å²) in [6, 6.07) is 3.75. The third kappa shape index (κ3) is 5.93. The molecule has 33 heavy (non-hydrogen) atoms. The summed E-state index contributed by atoms with van der Waals surface area (Å²) < 4.78 is 39.0. The number of aliphatic hydroxyl groups is 1. The summed E-state index contributed by atoms with van der Waals surface area (Å²) in [7, 11) is 0. The highest BCUT2D eigenvalue weighted by Crippen LogP contribution is 2.34. The van der Waals surface area contributed by atoms with Crippen molar-refractivity contribution in [2.24, 2.45) is 5.41 Å². The van der Waals surface area contributed by atoms with Crippen LogP contribution in [0.2, 0.25) is 0 Å². The zero-order valence-corrected chi connectivity index (χ0v) is 19.0. The van der Waals surface area contributed by atoms with Crippen LogP contribution in [-0.4, -0.2) is 50.5 Å². The molecule has 3 rings (SSSR count). The minimum Gasteiger partial charge on any atom is -0.391 e. The Balaban J connectivity index is 1.81. The molecule has 2 amide bonds. The highest BCUT2D eigenvalue weighted by molar-refractivity contribution is 5.88. The summed E-state index contributed by atoms with van der Waals surface area (Å²) in [5, 5.41) is 13.0. The zero-order valence-electron chi connectivity index (χ0n) is 19.0. The number of hydrogen-bond donors (Lipinski definition) is 3. The molecule has 180 valence electrons. The van der Waals surface area contributed by atoms with Crippen molar-refractivity contribution in [1.29, 1.82) is 0 Å². The van der Waals surface area contributed by atoms with Gasteiger partial charge in [-0.25, -0.2) is 4.98 Å². The first-order chi connectivity index (χ1) is 15.3. The van der Waals surface area contributed by atoms with Crippen LogP contribution in [0.4, 0.5) is 13.2 Å². The standard InChI is InChI=1S/C23H29F3N4O3/c1-13(31)28-19(22(2,3)4)21(33)30-12-17(32)10-18(30)20-27-11-16(29-20)9-14-6-5-7-15(8-14)23(24,25)26/h5-8,11,17-19,32H,9-10,12H2,1-4H3,(H,27,29)(H,28,31)/t17-,18+,19-/m1/s1. The third-order valence-electron chi connectivity index (χ3n) is 5.64. The van der Waals surface area contributed by atoms with Gasteiger partial charge < -0.3 is 20.3 Å². The average molecular weight is 467 g/mol. The number of benzene rings is 1. The fourth-order valence-corrected chi connectivity index (χ4v) is 4.05. The van der Waals surface area contributed by atoms with E-state index in [2.05, 4.69) is 15.3 Å². The van der Waals surface area contributed by atoms with Gasteiger partial charge in [0.15, 0.2) is 0 Å². The lowest BCUT2D eigenvalue weighted by Crippen LogP contribution is -2.54. The van der Waals surface area contributed by atoms with Crippen LogP contribution in [0.1, 0.15) is 62.8 Å². The Kier molecular flexibility index (Phi) is 6.88. The summed E-state index contributed by atoms with van der Waals surface area (Å²) in [4.78, 5) is 34.0. The van der Waals surface area contributed by atoms with Gasteiger partial charge in [-0.05, 0) is 17.0 Å². The van der Waals surface area contributed by atoms with E-state index in [1.54, 1.807) is 6.07 Å². The molecule has 1 aromatic carbocycles. The van der Waals surface area contributed by atoms with Gasteiger partial charge in [0.05, 0.1) is 17.7 Å². The number of aliphatic hydroxyl groups excluding tert-OH is 1. The van der Waals surface area contributed by atoms with Crippen LogP contribution in [0.3, 0.4) is 0 Å². The number of aromatic nitrogens is 2. The fourth-order valence-electron chi connectivity index (χ4n) is 4.05. The molecule has 1 fully saturated rings. The molecule has 0 radical (unpaired) electrons. The summed E-state index contributed by atoms with van der Waals surface area (Å²) >= 11 is 0. The molecule has 0 aliphatic carbocycles. The molecule has 0 saturated carbocycles. The molecule has 1 saturated heterocycles. The average Bonchev–Trinajstić information content (AvgIpc) is 3.30. The van der Waals surface area contributed by atoms with Crippen LogP contribution in [0.15, 0.2) is 30.5 Å². The molecule has 2 heterocycles. The predicted octanol–water partition coefficient (Wildman–Crippen LogP) is 3.20. The number of carbonyl (C=O) groups is 2. The number of β-amino-alcohol motifs (C(OH)–C–C–N with tert-alkyl or cyclic N) is 1. The first kappa shape index (κ1) is 24.8. The number of nitrogens with zero attached hydrogens (tertiary/aromatic N) is 2. The number of hydrogen-bond acceptors (Lipinski definition) is 4. The SMILES string of the molecule is CC(=O)N[C@H](C(=O)N1C[C@H](O)C[C@H]1c1ncc(Cc2cccc(C(F)(F)F)c2)[nH]1)C(C)(C)C. The molecular weight excluding hydrogens is 437 g/mol. The van der Waals surface area contributed by atoms with Gasteiger partial charge in [-0.2, -0.15) is 13.2 Å². The first-order valence-electron chi connectivity index (χ1n) is 10.7. The second-order valence-electron chi connectivity index (χ2n) is 9.56. The predicted molar refractivity (Wildman–Crippen MR) is 115 cm³/mol. The lowest BCUT2D eigenvalue weighted by molar-refractivity contribution is -0.140. The van der Waals surface area contributed by atoms with E-state index < -0.39 is 35.3 Å². The molecule has 2 aromatic rings. The van der Waals surface area contributed by atoms with E-state index in [0.29, 0.717) is 17.1 Å². The minimum absolute atomic E-state index is 0.0966. The van der Waals surface area contributed by atoms with Crippen molar-refractivity contribution < 1.29 is 27.9 Å². The van der Waals surface area contributed by atoms with Gasteiger partial charge in [-0.15, -0.1) is 0 Å².